The van der Waals surface area contributed by atoms with Crippen molar-refractivity contribution in [2.45, 2.75) is 28.2 Å². The van der Waals surface area contributed by atoms with Gasteiger partial charge in [0, 0.05) is 5.75 Å². The molecule has 0 bridgehead atoms. The predicted molar refractivity (Wildman–Crippen MR) is 112 cm³/mol. The van der Waals surface area contributed by atoms with Gasteiger partial charge in [0.1, 0.15) is 29.8 Å². The lowest BCUT2D eigenvalue weighted by Crippen LogP contribution is -2.71. The first-order chi connectivity index (χ1) is 13.6. The average molecular weight is 479 g/mol. The Kier molecular flexibility index (Phi) is 6.70. The van der Waals surface area contributed by atoms with E-state index in [-0.39, 0.29) is 5.70 Å². The van der Waals surface area contributed by atoms with E-state index in [1.54, 1.807) is 31.2 Å². The minimum Gasteiger partial charge on any atom is -0.456 e. The van der Waals surface area contributed by atoms with Gasteiger partial charge in [-0.2, -0.15) is 0 Å². The Labute approximate surface area is 186 Å². The fourth-order valence-electron chi connectivity index (χ4n) is 3.03. The maximum atomic E-state index is 12.7. The van der Waals surface area contributed by atoms with Crippen LogP contribution in [0.5, 0.6) is 0 Å². The maximum Gasteiger partial charge on any atom is 0.355 e. The number of ether oxygens (including phenoxy) is 1. The number of thioether (sulfide) groups is 1. The summed E-state index contributed by atoms with van der Waals surface area (Å²) in [5.41, 5.74) is 7.41. The zero-order valence-electron chi connectivity index (χ0n) is 15.2. The van der Waals surface area contributed by atoms with Gasteiger partial charge < -0.3 is 15.8 Å². The van der Waals surface area contributed by atoms with E-state index >= 15 is 0 Å². The standard InChI is InChI=1S/C18H18Cl3N3O4S/c1-9-7-29-16-12(23-14(25)11(22)10-5-3-2-4-6-10)15(26)24(16)13(9)17(27)28-8-18(19,20)21/h2-6,11-12,16H,7-8,22H2,1H3,(H,23,25)/t11?,12-,16-/m0/s1. The van der Waals surface area contributed by atoms with Crippen LogP contribution in [0.25, 0.3) is 0 Å². The van der Waals surface area contributed by atoms with Gasteiger partial charge in [-0.25, -0.2) is 4.79 Å². The van der Waals surface area contributed by atoms with Crippen LogP contribution < -0.4 is 11.1 Å². The summed E-state index contributed by atoms with van der Waals surface area (Å²) in [7, 11) is 0. The number of β-lactam (4-membered cyclic amide) rings is 1. The van der Waals surface area contributed by atoms with Crippen LogP contribution in [0.1, 0.15) is 18.5 Å². The summed E-state index contributed by atoms with van der Waals surface area (Å²) < 4.78 is 3.27. The third-order valence-electron chi connectivity index (χ3n) is 4.46. The fourth-order valence-corrected chi connectivity index (χ4v) is 4.49. The lowest BCUT2D eigenvalue weighted by molar-refractivity contribution is -0.153. The van der Waals surface area contributed by atoms with Crippen LogP contribution in [-0.4, -0.2) is 50.3 Å². The molecule has 0 radical (unpaired) electrons. The van der Waals surface area contributed by atoms with E-state index in [2.05, 4.69) is 5.32 Å². The number of nitrogens with two attached hydrogens (primary N) is 1. The summed E-state index contributed by atoms with van der Waals surface area (Å²) in [5, 5.41) is 2.24. The second-order valence-electron chi connectivity index (χ2n) is 6.60. The second kappa shape index (κ2) is 8.73. The van der Waals surface area contributed by atoms with Crippen LogP contribution in [0.4, 0.5) is 0 Å². The van der Waals surface area contributed by atoms with Crippen molar-refractivity contribution in [1.29, 1.82) is 0 Å². The molecule has 1 saturated heterocycles. The summed E-state index contributed by atoms with van der Waals surface area (Å²) in [5.74, 6) is -1.15. The molecule has 2 amide bonds. The number of hydrogen-bond acceptors (Lipinski definition) is 6. The van der Waals surface area contributed by atoms with Crippen LogP contribution >= 0.6 is 46.6 Å². The van der Waals surface area contributed by atoms with Crippen molar-refractivity contribution in [1.82, 2.24) is 10.2 Å². The molecular formula is C18H18Cl3N3O4S. The summed E-state index contributed by atoms with van der Waals surface area (Å²) in [6.07, 6.45) is 0. The van der Waals surface area contributed by atoms with Crippen LogP contribution in [0, 0.1) is 0 Å². The molecule has 3 atom stereocenters. The number of halogens is 3. The lowest BCUT2D eigenvalue weighted by atomic mass is 10.0. The number of hydrogen-bond donors (Lipinski definition) is 2. The van der Waals surface area contributed by atoms with E-state index in [4.69, 9.17) is 45.3 Å². The van der Waals surface area contributed by atoms with Crippen molar-refractivity contribution >= 4 is 64.3 Å². The Morgan fingerprint density at radius 2 is 2.00 bits per heavy atom. The molecule has 0 spiro atoms. The number of esters is 1. The average Bonchev–Trinajstić information content (AvgIpc) is 2.69. The first kappa shape index (κ1) is 22.2. The second-order valence-corrected chi connectivity index (χ2v) is 10.2. The number of amides is 2. The van der Waals surface area contributed by atoms with Crippen molar-refractivity contribution in [2.24, 2.45) is 5.73 Å². The summed E-state index contributed by atoms with van der Waals surface area (Å²) in [6.45, 7) is 1.28. The molecule has 2 aliphatic rings. The number of rotatable bonds is 5. The van der Waals surface area contributed by atoms with Gasteiger partial charge in [-0.3, -0.25) is 14.5 Å². The number of carbonyl (C=O) groups is 3. The minimum absolute atomic E-state index is 0.117. The van der Waals surface area contributed by atoms with Crippen molar-refractivity contribution in [3.05, 3.63) is 47.2 Å². The van der Waals surface area contributed by atoms with E-state index in [9.17, 15) is 14.4 Å². The van der Waals surface area contributed by atoms with Crippen LogP contribution in [-0.2, 0) is 19.1 Å². The third-order valence-corrected chi connectivity index (χ3v) is 6.21. The van der Waals surface area contributed by atoms with Gasteiger partial charge in [0.05, 0.1) is 0 Å². The first-order valence-corrected chi connectivity index (χ1v) is 10.8. The maximum absolute atomic E-state index is 12.7. The molecule has 7 nitrogen and oxygen atoms in total. The number of fused-ring (bicyclic) bond motifs is 1. The van der Waals surface area contributed by atoms with Gasteiger partial charge in [-0.05, 0) is 18.1 Å². The smallest absolute Gasteiger partial charge is 0.355 e. The third kappa shape index (κ3) is 4.83. The molecule has 2 heterocycles. The van der Waals surface area contributed by atoms with E-state index in [0.717, 1.165) is 0 Å². The van der Waals surface area contributed by atoms with Crippen molar-refractivity contribution < 1.29 is 19.1 Å². The highest BCUT2D eigenvalue weighted by atomic mass is 35.6. The SMILES string of the molecule is CC1=C(C(=O)OCC(Cl)(Cl)Cl)N2C(=O)[C@H](NC(=O)C(N)c3ccccc3)[C@@H]2SC1. The molecule has 1 unspecified atom stereocenters. The monoisotopic (exact) mass is 477 g/mol. The number of benzene rings is 1. The van der Waals surface area contributed by atoms with Gasteiger partial charge in [-0.1, -0.05) is 65.1 Å². The Bertz CT molecular complexity index is 860. The van der Waals surface area contributed by atoms with E-state index in [1.165, 1.54) is 16.7 Å². The Hall–Kier alpha value is -1.45. The Morgan fingerprint density at radius 3 is 2.62 bits per heavy atom. The molecule has 11 heteroatoms. The highest BCUT2D eigenvalue weighted by Crippen LogP contribution is 2.41. The van der Waals surface area contributed by atoms with Gasteiger partial charge >= 0.3 is 5.97 Å². The minimum atomic E-state index is -1.75. The van der Waals surface area contributed by atoms with E-state index in [0.29, 0.717) is 16.9 Å². The molecule has 1 fully saturated rings. The van der Waals surface area contributed by atoms with Gasteiger partial charge in [0.25, 0.3) is 5.91 Å². The molecule has 0 aromatic heterocycles. The zero-order chi connectivity index (χ0) is 21.3. The van der Waals surface area contributed by atoms with Crippen LogP contribution in [0.15, 0.2) is 41.6 Å². The normalized spacial score (nSPS) is 22.5. The number of carbonyl (C=O) groups excluding carboxylic acids is 3. The summed E-state index contributed by atoms with van der Waals surface area (Å²) in [4.78, 5) is 38.9. The Balaban J connectivity index is 1.68. The highest BCUT2D eigenvalue weighted by molar-refractivity contribution is 8.00. The molecule has 1 aromatic carbocycles. The quantitative estimate of drug-likeness (QED) is 0.382. The highest BCUT2D eigenvalue weighted by Gasteiger charge is 2.54. The van der Waals surface area contributed by atoms with Crippen molar-refractivity contribution in [3.8, 4) is 0 Å². The number of nitrogens with one attached hydrogen (secondary N) is 1. The molecule has 3 N–H and O–H groups in total. The number of alkyl halides is 3. The largest absolute Gasteiger partial charge is 0.456 e. The van der Waals surface area contributed by atoms with Gasteiger partial charge in [-0.15, -0.1) is 11.8 Å². The zero-order valence-corrected chi connectivity index (χ0v) is 18.3. The molecule has 2 aliphatic heterocycles. The molecule has 3 rings (SSSR count). The summed E-state index contributed by atoms with van der Waals surface area (Å²) in [6, 6.07) is 7.15. The summed E-state index contributed by atoms with van der Waals surface area (Å²) >= 11 is 18.3. The topological polar surface area (TPSA) is 102 Å². The van der Waals surface area contributed by atoms with E-state index in [1.807, 2.05) is 6.07 Å². The van der Waals surface area contributed by atoms with E-state index < -0.39 is 45.6 Å². The fraction of sp³-hybridized carbons (Fsp3) is 0.389. The molecule has 156 valence electrons. The molecule has 1 aromatic rings. The molecule has 29 heavy (non-hydrogen) atoms. The van der Waals surface area contributed by atoms with Crippen LogP contribution in [0.2, 0.25) is 0 Å². The molecular weight excluding hydrogens is 461 g/mol. The van der Waals surface area contributed by atoms with Crippen molar-refractivity contribution in [3.63, 3.8) is 0 Å². The molecule has 0 aliphatic carbocycles. The van der Waals surface area contributed by atoms with Gasteiger partial charge in [0.15, 0.2) is 0 Å². The Morgan fingerprint density at radius 1 is 1.34 bits per heavy atom. The van der Waals surface area contributed by atoms with Crippen molar-refractivity contribution in [2.75, 3.05) is 12.4 Å². The first-order valence-electron chi connectivity index (χ1n) is 8.59. The lowest BCUT2D eigenvalue weighted by Gasteiger charge is -2.49. The predicted octanol–water partition coefficient (Wildman–Crippen LogP) is 2.27. The van der Waals surface area contributed by atoms with Crippen LogP contribution in [0.3, 0.4) is 0 Å². The number of nitrogens with zero attached hydrogens (tertiary/aromatic N) is 1. The van der Waals surface area contributed by atoms with Gasteiger partial charge in [0.2, 0.25) is 9.70 Å². The molecule has 0 saturated carbocycles.